The lowest BCUT2D eigenvalue weighted by Gasteiger charge is -2.15. The van der Waals surface area contributed by atoms with Crippen molar-refractivity contribution in [3.8, 4) is 0 Å². The second-order valence-electron chi connectivity index (χ2n) is 4.36. The third-order valence-electron chi connectivity index (χ3n) is 2.42. The van der Waals surface area contributed by atoms with Crippen molar-refractivity contribution >= 4 is 10.9 Å². The Morgan fingerprint density at radius 2 is 2.07 bits per heavy atom. The summed E-state index contributed by atoms with van der Waals surface area (Å²) >= 11 is 0. The summed E-state index contributed by atoms with van der Waals surface area (Å²) in [6, 6.07) is 4.62. The summed E-state index contributed by atoms with van der Waals surface area (Å²) in [4.78, 5) is 0. The molecule has 4 heteroatoms. The number of nitrogens with two attached hydrogens (primary N) is 1. The van der Waals surface area contributed by atoms with Gasteiger partial charge in [0.25, 0.3) is 0 Å². The van der Waals surface area contributed by atoms with E-state index in [0.29, 0.717) is 0 Å². The van der Waals surface area contributed by atoms with Gasteiger partial charge in [0.1, 0.15) is 5.82 Å². The molecule has 2 rings (SSSR count). The third kappa shape index (κ3) is 1.61. The highest BCUT2D eigenvalue weighted by atomic mass is 19.1. The number of aromatic nitrogens is 2. The summed E-state index contributed by atoms with van der Waals surface area (Å²) in [5.41, 5.74) is 7.05. The second-order valence-corrected chi connectivity index (χ2v) is 4.36. The van der Waals surface area contributed by atoms with E-state index >= 15 is 0 Å². The summed E-state index contributed by atoms with van der Waals surface area (Å²) in [7, 11) is 1.79. The first-order valence-corrected chi connectivity index (χ1v) is 4.81. The first-order valence-electron chi connectivity index (χ1n) is 4.81. The van der Waals surface area contributed by atoms with Crippen LogP contribution in [0.25, 0.3) is 10.9 Å². The van der Waals surface area contributed by atoms with Gasteiger partial charge >= 0.3 is 0 Å². The van der Waals surface area contributed by atoms with E-state index in [4.69, 9.17) is 5.73 Å². The number of hydrogen-bond acceptors (Lipinski definition) is 2. The van der Waals surface area contributed by atoms with Crippen molar-refractivity contribution in [2.75, 3.05) is 0 Å². The maximum absolute atomic E-state index is 13.1. The molecule has 0 fully saturated rings. The van der Waals surface area contributed by atoms with Crippen molar-refractivity contribution in [2.24, 2.45) is 12.8 Å². The second kappa shape index (κ2) is 3.03. The summed E-state index contributed by atoms with van der Waals surface area (Å²) in [6.07, 6.45) is 0. The van der Waals surface area contributed by atoms with Crippen molar-refractivity contribution in [2.45, 2.75) is 19.4 Å². The molecule has 0 bridgehead atoms. The Balaban J connectivity index is 2.79. The van der Waals surface area contributed by atoms with Crippen molar-refractivity contribution in [3.63, 3.8) is 0 Å². The molecule has 1 heterocycles. The van der Waals surface area contributed by atoms with Gasteiger partial charge in [0.15, 0.2) is 0 Å². The average molecular weight is 207 g/mol. The predicted octanol–water partition coefficient (Wildman–Crippen LogP) is 1.91. The monoisotopic (exact) mass is 207 g/mol. The normalized spacial score (nSPS) is 12.3. The molecule has 15 heavy (non-hydrogen) atoms. The molecule has 0 aliphatic rings. The maximum atomic E-state index is 13.1. The van der Waals surface area contributed by atoms with Gasteiger partial charge in [0.2, 0.25) is 0 Å². The van der Waals surface area contributed by atoms with Crippen LogP contribution in [0.4, 0.5) is 4.39 Å². The Morgan fingerprint density at radius 3 is 2.67 bits per heavy atom. The van der Waals surface area contributed by atoms with Crippen LogP contribution in [-0.2, 0) is 12.6 Å². The van der Waals surface area contributed by atoms with Gasteiger partial charge in [-0.2, -0.15) is 5.10 Å². The summed E-state index contributed by atoms with van der Waals surface area (Å²) < 4.78 is 14.7. The smallest absolute Gasteiger partial charge is 0.125 e. The molecule has 2 N–H and O–H groups in total. The topological polar surface area (TPSA) is 43.8 Å². The largest absolute Gasteiger partial charge is 0.320 e. The van der Waals surface area contributed by atoms with Gasteiger partial charge in [-0.25, -0.2) is 4.39 Å². The van der Waals surface area contributed by atoms with Crippen LogP contribution in [0.1, 0.15) is 19.5 Å². The van der Waals surface area contributed by atoms with Gasteiger partial charge in [-0.1, -0.05) is 0 Å². The number of benzene rings is 1. The summed E-state index contributed by atoms with van der Waals surface area (Å²) in [6.45, 7) is 3.77. The van der Waals surface area contributed by atoms with E-state index < -0.39 is 5.54 Å². The Hall–Kier alpha value is -1.42. The van der Waals surface area contributed by atoms with E-state index in [-0.39, 0.29) is 5.82 Å². The van der Waals surface area contributed by atoms with Crippen LogP contribution in [0.2, 0.25) is 0 Å². The molecule has 0 unspecified atom stereocenters. The quantitative estimate of drug-likeness (QED) is 0.776. The third-order valence-corrected chi connectivity index (χ3v) is 2.42. The molecular formula is C11H14FN3. The van der Waals surface area contributed by atoms with E-state index in [1.807, 2.05) is 13.8 Å². The number of nitrogens with zero attached hydrogens (tertiary/aromatic N) is 2. The minimum absolute atomic E-state index is 0.258. The highest BCUT2D eigenvalue weighted by molar-refractivity contribution is 5.82. The molecular weight excluding hydrogens is 193 g/mol. The average Bonchev–Trinajstić information content (AvgIpc) is 2.43. The molecule has 0 radical (unpaired) electrons. The van der Waals surface area contributed by atoms with Gasteiger partial charge in [0, 0.05) is 12.4 Å². The Labute approximate surface area is 87.7 Å². The van der Waals surface area contributed by atoms with Crippen molar-refractivity contribution < 1.29 is 4.39 Å². The predicted molar refractivity (Wildman–Crippen MR) is 57.9 cm³/mol. The van der Waals surface area contributed by atoms with Crippen molar-refractivity contribution in [3.05, 3.63) is 29.7 Å². The Kier molecular flexibility index (Phi) is 2.04. The van der Waals surface area contributed by atoms with Crippen molar-refractivity contribution in [1.82, 2.24) is 9.78 Å². The zero-order valence-electron chi connectivity index (χ0n) is 9.08. The number of aryl methyl sites for hydroxylation is 1. The van der Waals surface area contributed by atoms with Crippen LogP contribution in [0, 0.1) is 5.82 Å². The fourth-order valence-corrected chi connectivity index (χ4v) is 1.71. The van der Waals surface area contributed by atoms with E-state index in [1.165, 1.54) is 12.1 Å². The Morgan fingerprint density at radius 1 is 1.40 bits per heavy atom. The molecule has 0 saturated carbocycles. The molecule has 0 spiro atoms. The van der Waals surface area contributed by atoms with Gasteiger partial charge in [-0.05, 0) is 32.0 Å². The van der Waals surface area contributed by atoms with Crippen LogP contribution in [0.5, 0.6) is 0 Å². The standard InChI is InChI=1S/C11H14FN3/c1-11(2,13)10-8-5-4-7(12)6-9(8)15(3)14-10/h4-6H,13H2,1-3H3. The fourth-order valence-electron chi connectivity index (χ4n) is 1.71. The van der Waals surface area contributed by atoms with E-state index in [9.17, 15) is 4.39 Å². The highest BCUT2D eigenvalue weighted by Crippen LogP contribution is 2.25. The molecule has 2 aromatic rings. The maximum Gasteiger partial charge on any atom is 0.125 e. The van der Waals surface area contributed by atoms with E-state index in [0.717, 1.165) is 16.6 Å². The Bertz CT molecular complexity index is 508. The molecule has 0 amide bonds. The molecule has 0 aliphatic heterocycles. The van der Waals surface area contributed by atoms with E-state index in [1.54, 1.807) is 17.8 Å². The van der Waals surface area contributed by atoms with Crippen LogP contribution < -0.4 is 5.73 Å². The summed E-state index contributed by atoms with van der Waals surface area (Å²) in [5.74, 6) is -0.258. The highest BCUT2D eigenvalue weighted by Gasteiger charge is 2.21. The molecule has 0 saturated heterocycles. The van der Waals surface area contributed by atoms with Crippen molar-refractivity contribution in [1.29, 1.82) is 0 Å². The fraction of sp³-hybridized carbons (Fsp3) is 0.364. The van der Waals surface area contributed by atoms with Crippen LogP contribution in [0.3, 0.4) is 0 Å². The molecule has 1 aromatic heterocycles. The SMILES string of the molecule is Cn1nc(C(C)(C)N)c2ccc(F)cc21. The lowest BCUT2D eigenvalue weighted by molar-refractivity contribution is 0.527. The van der Waals surface area contributed by atoms with Gasteiger partial charge < -0.3 is 5.73 Å². The number of rotatable bonds is 1. The van der Waals surface area contributed by atoms with Gasteiger partial charge in [0.05, 0.1) is 16.7 Å². The van der Waals surface area contributed by atoms with Gasteiger partial charge in [-0.15, -0.1) is 0 Å². The van der Waals surface area contributed by atoms with Gasteiger partial charge in [-0.3, -0.25) is 4.68 Å². The molecule has 0 atom stereocenters. The first kappa shape index (κ1) is 10.1. The minimum atomic E-state index is -0.517. The van der Waals surface area contributed by atoms with Crippen LogP contribution >= 0.6 is 0 Å². The molecule has 1 aromatic carbocycles. The van der Waals surface area contributed by atoms with Crippen LogP contribution in [0.15, 0.2) is 18.2 Å². The lowest BCUT2D eigenvalue weighted by atomic mass is 9.99. The molecule has 80 valence electrons. The van der Waals surface area contributed by atoms with Crippen LogP contribution in [-0.4, -0.2) is 9.78 Å². The minimum Gasteiger partial charge on any atom is -0.320 e. The number of halogens is 1. The molecule has 0 aliphatic carbocycles. The first-order chi connectivity index (χ1) is 6.89. The van der Waals surface area contributed by atoms with E-state index in [2.05, 4.69) is 5.10 Å². The zero-order valence-corrected chi connectivity index (χ0v) is 9.08. The number of fused-ring (bicyclic) bond motifs is 1. The zero-order chi connectivity index (χ0) is 11.2. The lowest BCUT2D eigenvalue weighted by Crippen LogP contribution is -2.29. The summed E-state index contributed by atoms with van der Waals surface area (Å²) in [5, 5.41) is 5.24. The molecule has 3 nitrogen and oxygen atoms in total. The number of hydrogen-bond donors (Lipinski definition) is 1.